The number of anilines is 1. The third kappa shape index (κ3) is 6.28. The second-order valence-corrected chi connectivity index (χ2v) is 12.6. The fourth-order valence-corrected chi connectivity index (χ4v) is 6.15. The second kappa shape index (κ2) is 11.4. The monoisotopic (exact) mass is 548 g/mol. The Hall–Kier alpha value is -3.10. The topological polar surface area (TPSA) is 85.2 Å². The molecule has 0 bridgehead atoms. The van der Waals surface area contributed by atoms with Crippen molar-refractivity contribution in [3.63, 3.8) is 0 Å². The number of amides is 2. The van der Waals surface area contributed by atoms with Gasteiger partial charge in [-0.1, -0.05) is 12.1 Å². The lowest BCUT2D eigenvalue weighted by Gasteiger charge is -2.45. The number of aliphatic hydroxyl groups is 1. The van der Waals surface area contributed by atoms with Crippen LogP contribution in [-0.4, -0.2) is 58.4 Å². The molecule has 2 aromatic carbocycles. The van der Waals surface area contributed by atoms with Crippen molar-refractivity contribution in [1.82, 2.24) is 10.2 Å². The Kier molecular flexibility index (Phi) is 8.11. The fourth-order valence-electron chi connectivity index (χ4n) is 6.15. The van der Waals surface area contributed by atoms with E-state index in [1.165, 1.54) is 29.8 Å². The molecule has 0 radical (unpaired) electrons. The lowest BCUT2D eigenvalue weighted by Crippen LogP contribution is -2.55. The third-order valence-electron chi connectivity index (χ3n) is 8.58. The van der Waals surface area contributed by atoms with Crippen molar-refractivity contribution < 1.29 is 19.1 Å². The summed E-state index contributed by atoms with van der Waals surface area (Å²) in [6.45, 7) is 10.2. The summed E-state index contributed by atoms with van der Waals surface area (Å²) in [7, 11) is 0. The number of hydrogen-bond acceptors (Lipinski definition) is 4. The van der Waals surface area contributed by atoms with Gasteiger partial charge in [-0.05, 0) is 94.8 Å². The number of benzene rings is 2. The molecule has 7 nitrogen and oxygen atoms in total. The van der Waals surface area contributed by atoms with Crippen molar-refractivity contribution in [2.24, 2.45) is 16.8 Å². The number of amidine groups is 1. The van der Waals surface area contributed by atoms with Crippen LogP contribution in [0, 0.1) is 17.7 Å². The van der Waals surface area contributed by atoms with Crippen molar-refractivity contribution in [2.75, 3.05) is 18.0 Å². The minimum atomic E-state index is -0.668. The molecular formula is C32H41FN4O3. The normalized spacial score (nSPS) is 22.9. The van der Waals surface area contributed by atoms with Gasteiger partial charge in [0.05, 0.1) is 5.60 Å². The first-order valence-electron chi connectivity index (χ1n) is 14.5. The van der Waals surface area contributed by atoms with Gasteiger partial charge in [0.25, 0.3) is 5.91 Å². The largest absolute Gasteiger partial charge is 0.390 e. The van der Waals surface area contributed by atoms with Crippen molar-refractivity contribution in [3.05, 3.63) is 65.0 Å². The van der Waals surface area contributed by atoms with Gasteiger partial charge in [0.2, 0.25) is 5.91 Å². The van der Waals surface area contributed by atoms with Gasteiger partial charge in [0.1, 0.15) is 11.7 Å². The number of nitrogens with one attached hydrogen (secondary N) is 1. The van der Waals surface area contributed by atoms with E-state index in [0.717, 1.165) is 56.6 Å². The van der Waals surface area contributed by atoms with E-state index in [1.807, 2.05) is 27.7 Å². The van der Waals surface area contributed by atoms with Crippen LogP contribution in [0.2, 0.25) is 0 Å². The maximum atomic E-state index is 13.4. The average Bonchev–Trinajstić information content (AvgIpc) is 3.22. The van der Waals surface area contributed by atoms with Crippen molar-refractivity contribution >= 4 is 23.3 Å². The number of hydrogen-bond donors (Lipinski definition) is 2. The van der Waals surface area contributed by atoms with E-state index in [9.17, 15) is 19.1 Å². The van der Waals surface area contributed by atoms with Crippen molar-refractivity contribution in [1.29, 1.82) is 0 Å². The number of nitrogens with zero attached hydrogens (tertiary/aromatic N) is 3. The molecule has 2 amide bonds. The lowest BCUT2D eigenvalue weighted by molar-refractivity contribution is -0.126. The first kappa shape index (κ1) is 28.4. The summed E-state index contributed by atoms with van der Waals surface area (Å²) in [5.74, 6) is 0.345. The van der Waals surface area contributed by atoms with Gasteiger partial charge in [-0.25, -0.2) is 4.39 Å². The zero-order chi connectivity index (χ0) is 28.6. The number of aliphatic imine (C=N–C) groups is 1. The van der Waals surface area contributed by atoms with Crippen LogP contribution in [0.5, 0.6) is 0 Å². The van der Waals surface area contributed by atoms with Gasteiger partial charge >= 0.3 is 0 Å². The van der Waals surface area contributed by atoms with E-state index in [1.54, 1.807) is 0 Å². The van der Waals surface area contributed by atoms with Gasteiger partial charge in [-0.15, -0.1) is 0 Å². The van der Waals surface area contributed by atoms with Crippen LogP contribution < -0.4 is 10.2 Å². The molecule has 5 rings (SSSR count). The molecule has 1 saturated carbocycles. The number of carbonyl (C=O) groups excluding carboxylic acids is 2. The predicted molar refractivity (Wildman–Crippen MR) is 155 cm³/mol. The van der Waals surface area contributed by atoms with E-state index in [2.05, 4.69) is 38.3 Å². The highest BCUT2D eigenvalue weighted by atomic mass is 19.1. The van der Waals surface area contributed by atoms with Crippen LogP contribution in [0.25, 0.3) is 0 Å². The van der Waals surface area contributed by atoms with Crippen molar-refractivity contribution in [2.45, 2.75) is 84.0 Å². The summed E-state index contributed by atoms with van der Waals surface area (Å²) in [4.78, 5) is 34.9. The van der Waals surface area contributed by atoms with Gasteiger partial charge in [0, 0.05) is 61.2 Å². The zero-order valence-electron chi connectivity index (χ0n) is 24.0. The molecule has 3 aliphatic rings. The first-order chi connectivity index (χ1) is 19.0. The van der Waals surface area contributed by atoms with E-state index in [0.29, 0.717) is 17.8 Å². The van der Waals surface area contributed by atoms with Gasteiger partial charge in [-0.3, -0.25) is 14.5 Å². The standard InChI is InChI=1S/C32H41FN4O3/c1-20(2)34-30(38)23-9-13-27(14-10-23)37-28-15-21(17-36-18-25(19-36)32(3,4)40)5-6-24(28)16-29(37)35-31(39)22-7-11-26(33)12-8-22/h5-8,11-12,15,20,23,25,27,40H,9-10,13-14,16-19H2,1-4H3,(H,34,38). The molecule has 40 heavy (non-hydrogen) atoms. The minimum absolute atomic E-state index is 0.00318. The summed E-state index contributed by atoms with van der Waals surface area (Å²) in [5.41, 5.74) is 3.09. The molecule has 2 fully saturated rings. The SMILES string of the molecule is CC(C)NC(=O)C1CCC(N2C(=NC(=O)c3ccc(F)cc3)Cc3ccc(CN4CC(C(C)(C)O)C4)cc32)CC1. The zero-order valence-corrected chi connectivity index (χ0v) is 24.0. The van der Waals surface area contributed by atoms with Crippen LogP contribution in [-0.2, 0) is 17.8 Å². The minimum Gasteiger partial charge on any atom is -0.390 e. The van der Waals surface area contributed by atoms with Crippen LogP contribution in [0.4, 0.5) is 10.1 Å². The molecule has 0 atom stereocenters. The molecule has 0 spiro atoms. The molecule has 214 valence electrons. The number of rotatable bonds is 7. The molecule has 2 N–H and O–H groups in total. The first-order valence-corrected chi connectivity index (χ1v) is 14.5. The van der Waals surface area contributed by atoms with Crippen LogP contribution in [0.3, 0.4) is 0 Å². The van der Waals surface area contributed by atoms with Gasteiger partial charge in [0.15, 0.2) is 0 Å². The Labute approximate surface area is 236 Å². The molecule has 1 saturated heterocycles. The van der Waals surface area contributed by atoms with Crippen LogP contribution >= 0.6 is 0 Å². The smallest absolute Gasteiger partial charge is 0.278 e. The summed E-state index contributed by atoms with van der Waals surface area (Å²) in [6.07, 6.45) is 3.81. The fraction of sp³-hybridized carbons (Fsp3) is 0.531. The molecule has 2 aromatic rings. The Morgan fingerprint density at radius 1 is 1.07 bits per heavy atom. The summed E-state index contributed by atoms with van der Waals surface area (Å²) in [6, 6.07) is 12.3. The van der Waals surface area contributed by atoms with Crippen molar-refractivity contribution in [3.8, 4) is 0 Å². The quantitative estimate of drug-likeness (QED) is 0.524. The van der Waals surface area contributed by atoms with E-state index < -0.39 is 5.60 Å². The average molecular weight is 549 g/mol. The number of carbonyl (C=O) groups is 2. The summed E-state index contributed by atoms with van der Waals surface area (Å²) in [5, 5.41) is 13.4. The van der Waals surface area contributed by atoms with Gasteiger partial charge in [-0.2, -0.15) is 4.99 Å². The van der Waals surface area contributed by atoms with E-state index in [-0.39, 0.29) is 41.6 Å². The summed E-state index contributed by atoms with van der Waals surface area (Å²) >= 11 is 0. The molecule has 8 heteroatoms. The molecule has 0 aromatic heterocycles. The lowest BCUT2D eigenvalue weighted by atomic mass is 9.84. The third-order valence-corrected chi connectivity index (χ3v) is 8.58. The Bertz CT molecular complexity index is 1270. The Morgan fingerprint density at radius 3 is 2.38 bits per heavy atom. The second-order valence-electron chi connectivity index (χ2n) is 12.6. The highest BCUT2D eigenvalue weighted by Crippen LogP contribution is 2.39. The maximum absolute atomic E-state index is 13.4. The van der Waals surface area contributed by atoms with Crippen LogP contribution in [0.15, 0.2) is 47.5 Å². The number of halogens is 1. The molecule has 2 aliphatic heterocycles. The molecule has 1 aliphatic carbocycles. The molecule has 2 heterocycles. The predicted octanol–water partition coefficient (Wildman–Crippen LogP) is 4.71. The highest BCUT2D eigenvalue weighted by Gasteiger charge is 2.39. The summed E-state index contributed by atoms with van der Waals surface area (Å²) < 4.78 is 13.4. The number of fused-ring (bicyclic) bond motifs is 1. The van der Waals surface area contributed by atoms with Gasteiger partial charge < -0.3 is 15.3 Å². The maximum Gasteiger partial charge on any atom is 0.278 e. The van der Waals surface area contributed by atoms with Crippen LogP contribution in [0.1, 0.15) is 74.9 Å². The molecular weight excluding hydrogens is 507 g/mol. The van der Waals surface area contributed by atoms with E-state index in [4.69, 9.17) is 0 Å². The highest BCUT2D eigenvalue weighted by molar-refractivity contribution is 6.12. The number of likely N-dealkylation sites (tertiary alicyclic amines) is 1. The Balaban J connectivity index is 1.37. The van der Waals surface area contributed by atoms with E-state index >= 15 is 0 Å². The Morgan fingerprint density at radius 2 is 1.75 bits per heavy atom. The molecule has 0 unspecified atom stereocenters.